The van der Waals surface area contributed by atoms with E-state index in [0.29, 0.717) is 25.9 Å². The van der Waals surface area contributed by atoms with Gasteiger partial charge in [0.15, 0.2) is 9.84 Å². The lowest BCUT2D eigenvalue weighted by Gasteiger charge is -2.32. The van der Waals surface area contributed by atoms with Crippen LogP contribution in [0.1, 0.15) is 30.3 Å². The number of hydrogen-bond donors (Lipinski definition) is 1. The van der Waals surface area contributed by atoms with Crippen LogP contribution in [0.25, 0.3) is 0 Å². The van der Waals surface area contributed by atoms with Crippen molar-refractivity contribution in [1.82, 2.24) is 9.97 Å². The average Bonchev–Trinajstić information content (AvgIpc) is 3.11. The van der Waals surface area contributed by atoms with Crippen LogP contribution in [0.15, 0.2) is 29.3 Å². The summed E-state index contributed by atoms with van der Waals surface area (Å²) in [6.07, 6.45) is -2.00. The van der Waals surface area contributed by atoms with Gasteiger partial charge in [-0.3, -0.25) is 10.1 Å². The third-order valence-electron chi connectivity index (χ3n) is 4.68. The zero-order chi connectivity index (χ0) is 20.7. The molecular formula is C16H17F3N4O4S. The zero-order valence-electron chi connectivity index (χ0n) is 14.7. The Balaban J connectivity index is 1.82. The maximum atomic E-state index is 12.7. The van der Waals surface area contributed by atoms with Gasteiger partial charge in [-0.1, -0.05) is 6.07 Å². The van der Waals surface area contributed by atoms with Crippen molar-refractivity contribution in [2.45, 2.75) is 29.8 Å². The number of alkyl halides is 3. The molecular weight excluding hydrogens is 401 g/mol. The Hall–Kier alpha value is -2.63. The Morgan fingerprint density at radius 1 is 1.29 bits per heavy atom. The molecule has 8 nitrogen and oxygen atoms in total. The van der Waals surface area contributed by atoms with Crippen molar-refractivity contribution in [2.75, 3.05) is 24.2 Å². The highest BCUT2D eigenvalue weighted by Gasteiger charge is 2.35. The number of nitrogens with zero attached hydrogens (tertiary/aromatic N) is 3. The molecule has 0 spiro atoms. The third-order valence-corrected chi connectivity index (χ3v) is 5.81. The van der Waals surface area contributed by atoms with Crippen LogP contribution in [0.5, 0.6) is 0 Å². The Morgan fingerprint density at radius 3 is 2.43 bits per heavy atom. The number of hydrogen-bond acceptors (Lipinski definition) is 6. The highest BCUT2D eigenvalue weighted by atomic mass is 32.2. The van der Waals surface area contributed by atoms with Gasteiger partial charge in [0.05, 0.1) is 11.1 Å². The summed E-state index contributed by atoms with van der Waals surface area (Å²) in [6, 6.07) is 4.10. The highest BCUT2D eigenvalue weighted by molar-refractivity contribution is 7.90. The van der Waals surface area contributed by atoms with Crippen molar-refractivity contribution in [3.05, 3.63) is 46.0 Å². The van der Waals surface area contributed by atoms with Crippen LogP contribution < -0.4 is 4.90 Å². The molecule has 1 aromatic carbocycles. The maximum Gasteiger partial charge on any atom is 0.432 e. The SMILES string of the molecule is CS(=O)(=O)c1cccc(N2CCC(c3ncc(C(F)(F)F)[nH]3)CC2)c1[N+](=O)[O-]. The largest absolute Gasteiger partial charge is 0.432 e. The van der Waals surface area contributed by atoms with Gasteiger partial charge in [-0.2, -0.15) is 13.2 Å². The van der Waals surface area contributed by atoms with Crippen molar-refractivity contribution >= 4 is 21.2 Å². The number of nitro benzene ring substituents is 1. The maximum absolute atomic E-state index is 12.7. The van der Waals surface area contributed by atoms with Crippen molar-refractivity contribution in [1.29, 1.82) is 0 Å². The molecule has 2 heterocycles. The molecule has 1 aliphatic rings. The molecule has 3 rings (SSSR count). The van der Waals surface area contributed by atoms with E-state index in [1.807, 2.05) is 0 Å². The first kappa shape index (κ1) is 20.1. The lowest BCUT2D eigenvalue weighted by molar-refractivity contribution is -0.387. The van der Waals surface area contributed by atoms with Gasteiger partial charge < -0.3 is 9.88 Å². The van der Waals surface area contributed by atoms with Crippen LogP contribution in [0, 0.1) is 10.1 Å². The quantitative estimate of drug-likeness (QED) is 0.604. The predicted molar refractivity (Wildman–Crippen MR) is 94.0 cm³/mol. The Bertz CT molecular complexity index is 996. The van der Waals surface area contributed by atoms with Crippen molar-refractivity contribution < 1.29 is 26.5 Å². The molecule has 28 heavy (non-hydrogen) atoms. The molecule has 0 radical (unpaired) electrons. The number of anilines is 1. The summed E-state index contributed by atoms with van der Waals surface area (Å²) < 4.78 is 61.9. The topological polar surface area (TPSA) is 109 Å². The van der Waals surface area contributed by atoms with Crippen molar-refractivity contribution in [2.24, 2.45) is 0 Å². The van der Waals surface area contributed by atoms with E-state index >= 15 is 0 Å². The highest BCUT2D eigenvalue weighted by Crippen LogP contribution is 2.38. The third kappa shape index (κ3) is 3.96. The van der Waals surface area contributed by atoms with Crippen LogP contribution in [0.2, 0.25) is 0 Å². The van der Waals surface area contributed by atoms with Crippen LogP contribution >= 0.6 is 0 Å². The minimum atomic E-state index is -4.50. The van der Waals surface area contributed by atoms with Gasteiger partial charge in [0.25, 0.3) is 0 Å². The minimum absolute atomic E-state index is 0.182. The van der Waals surface area contributed by atoms with E-state index < -0.39 is 32.3 Å². The van der Waals surface area contributed by atoms with E-state index in [1.54, 1.807) is 4.90 Å². The monoisotopic (exact) mass is 418 g/mol. The van der Waals surface area contributed by atoms with Gasteiger partial charge in [-0.05, 0) is 25.0 Å². The molecule has 0 bridgehead atoms. The van der Waals surface area contributed by atoms with Gasteiger partial charge in [0.1, 0.15) is 22.1 Å². The normalized spacial score (nSPS) is 16.4. The fourth-order valence-electron chi connectivity index (χ4n) is 3.33. The molecule has 2 aromatic rings. The number of nitro groups is 1. The van der Waals surface area contributed by atoms with Crippen LogP contribution in [0.3, 0.4) is 0 Å². The smallest absolute Gasteiger partial charge is 0.366 e. The molecule has 12 heteroatoms. The summed E-state index contributed by atoms with van der Waals surface area (Å²) in [7, 11) is -3.79. The van der Waals surface area contributed by atoms with Crippen molar-refractivity contribution in [3.8, 4) is 0 Å². The minimum Gasteiger partial charge on any atom is -0.366 e. The van der Waals surface area contributed by atoms with E-state index in [4.69, 9.17) is 0 Å². The fraction of sp³-hybridized carbons (Fsp3) is 0.438. The van der Waals surface area contributed by atoms with Crippen LogP contribution in [-0.4, -0.2) is 42.7 Å². The first-order chi connectivity index (χ1) is 13.0. The summed E-state index contributed by atoms with van der Waals surface area (Å²) in [4.78, 5) is 18.2. The standard InChI is InChI=1S/C16H17F3N4O4S/c1-28(26,27)12-4-2-3-11(14(12)23(24)25)22-7-5-10(6-8-22)15-20-9-13(21-15)16(17,18)19/h2-4,9-10H,5-8H2,1H3,(H,20,21). The number of aromatic amines is 1. The van der Waals surface area contributed by atoms with Gasteiger partial charge in [0.2, 0.25) is 0 Å². The molecule has 152 valence electrons. The summed E-state index contributed by atoms with van der Waals surface area (Å²) in [6.45, 7) is 0.640. The number of nitrogens with one attached hydrogen (secondary N) is 1. The van der Waals surface area contributed by atoms with Crippen LogP contribution in [-0.2, 0) is 16.0 Å². The zero-order valence-corrected chi connectivity index (χ0v) is 15.5. The molecule has 1 aromatic heterocycles. The van der Waals surface area contributed by atoms with E-state index in [-0.39, 0.29) is 22.3 Å². The number of benzene rings is 1. The van der Waals surface area contributed by atoms with E-state index in [1.165, 1.54) is 18.2 Å². The average molecular weight is 418 g/mol. The molecule has 0 atom stereocenters. The number of para-hydroxylation sites is 1. The second kappa shape index (κ2) is 7.08. The first-order valence-corrected chi connectivity index (χ1v) is 10.2. The number of rotatable bonds is 4. The summed E-state index contributed by atoms with van der Waals surface area (Å²) >= 11 is 0. The number of piperidine rings is 1. The second-order valence-corrected chi connectivity index (χ2v) is 8.58. The van der Waals surface area contributed by atoms with E-state index in [9.17, 15) is 31.7 Å². The number of sulfone groups is 1. The van der Waals surface area contributed by atoms with Gasteiger partial charge in [-0.15, -0.1) is 0 Å². The summed E-state index contributed by atoms with van der Waals surface area (Å²) in [5.74, 6) is -0.0177. The first-order valence-electron chi connectivity index (χ1n) is 8.33. The Kier molecular flexibility index (Phi) is 5.08. The molecule has 1 N–H and O–H groups in total. The molecule has 0 saturated carbocycles. The molecule has 0 amide bonds. The molecule has 1 fully saturated rings. The van der Waals surface area contributed by atoms with Gasteiger partial charge in [0, 0.05) is 25.3 Å². The summed E-state index contributed by atoms with van der Waals surface area (Å²) in [5, 5.41) is 11.5. The number of aromatic nitrogens is 2. The molecule has 0 unspecified atom stereocenters. The molecule has 1 saturated heterocycles. The lowest BCUT2D eigenvalue weighted by Crippen LogP contribution is -2.33. The van der Waals surface area contributed by atoms with Crippen LogP contribution in [0.4, 0.5) is 24.5 Å². The van der Waals surface area contributed by atoms with Crippen molar-refractivity contribution in [3.63, 3.8) is 0 Å². The fourth-order valence-corrected chi connectivity index (χ4v) is 4.19. The van der Waals surface area contributed by atoms with E-state index in [0.717, 1.165) is 12.5 Å². The Morgan fingerprint density at radius 2 is 1.93 bits per heavy atom. The number of halogens is 3. The van der Waals surface area contributed by atoms with Gasteiger partial charge in [-0.25, -0.2) is 13.4 Å². The summed E-state index contributed by atoms with van der Waals surface area (Å²) in [5.41, 5.74) is -1.22. The second-order valence-electron chi connectivity index (χ2n) is 6.59. The predicted octanol–water partition coefficient (Wildman–Crippen LogP) is 3.12. The number of H-pyrrole nitrogens is 1. The number of imidazole rings is 1. The lowest BCUT2D eigenvalue weighted by atomic mass is 9.95. The Labute approximate surface area is 158 Å². The van der Waals surface area contributed by atoms with Gasteiger partial charge >= 0.3 is 11.9 Å². The molecule has 1 aliphatic heterocycles. The van der Waals surface area contributed by atoms with E-state index in [2.05, 4.69) is 9.97 Å². The molecule has 0 aliphatic carbocycles.